The molecule has 1 aliphatic carbocycles. The van der Waals surface area contributed by atoms with Crippen molar-refractivity contribution in [2.45, 2.75) is 45.6 Å². The van der Waals surface area contributed by atoms with Gasteiger partial charge in [-0.1, -0.05) is 38.5 Å². The highest BCUT2D eigenvalue weighted by Gasteiger charge is 2.19. The molecule has 0 radical (unpaired) electrons. The van der Waals surface area contributed by atoms with Crippen molar-refractivity contribution in [2.75, 3.05) is 13.2 Å². The molecule has 1 aromatic carbocycles. The van der Waals surface area contributed by atoms with Crippen molar-refractivity contribution in [3.05, 3.63) is 29.8 Å². The summed E-state index contributed by atoms with van der Waals surface area (Å²) in [4.78, 5) is 0. The minimum atomic E-state index is 0.410. The van der Waals surface area contributed by atoms with Crippen LogP contribution >= 0.6 is 0 Å². The van der Waals surface area contributed by atoms with Crippen molar-refractivity contribution < 1.29 is 4.74 Å². The zero-order chi connectivity index (χ0) is 12.8. The van der Waals surface area contributed by atoms with Gasteiger partial charge >= 0.3 is 0 Å². The Kier molecular flexibility index (Phi) is 5.06. The average Bonchev–Trinajstić information content (AvgIpc) is 2.35. The second-order valence-electron chi connectivity index (χ2n) is 5.16. The topological polar surface area (TPSA) is 21.3 Å². The van der Waals surface area contributed by atoms with E-state index in [1.54, 1.807) is 0 Å². The summed E-state index contributed by atoms with van der Waals surface area (Å²) in [5.74, 6) is 1.86. The van der Waals surface area contributed by atoms with Crippen LogP contribution < -0.4 is 10.1 Å². The van der Waals surface area contributed by atoms with E-state index in [-0.39, 0.29) is 0 Å². The lowest BCUT2D eigenvalue weighted by Crippen LogP contribution is -2.23. The van der Waals surface area contributed by atoms with Crippen LogP contribution in [0.1, 0.15) is 51.1 Å². The molecule has 0 heterocycles. The van der Waals surface area contributed by atoms with E-state index in [1.807, 2.05) is 0 Å². The molecule has 2 heteroatoms. The third-order valence-electron chi connectivity index (χ3n) is 3.85. The summed E-state index contributed by atoms with van der Waals surface area (Å²) >= 11 is 0. The van der Waals surface area contributed by atoms with E-state index < -0.39 is 0 Å². The van der Waals surface area contributed by atoms with E-state index >= 15 is 0 Å². The van der Waals surface area contributed by atoms with Crippen molar-refractivity contribution in [3.63, 3.8) is 0 Å². The summed E-state index contributed by atoms with van der Waals surface area (Å²) in [7, 11) is 0. The van der Waals surface area contributed by atoms with E-state index in [1.165, 1.54) is 24.8 Å². The SMILES string of the molecule is CCNC(CC)c1ccccc1OCC1CCC1. The number of benzene rings is 1. The van der Waals surface area contributed by atoms with Crippen LogP contribution in [0.2, 0.25) is 0 Å². The maximum atomic E-state index is 6.03. The van der Waals surface area contributed by atoms with Crippen molar-refractivity contribution in [1.29, 1.82) is 0 Å². The molecule has 0 amide bonds. The number of para-hydroxylation sites is 1. The van der Waals surface area contributed by atoms with Gasteiger partial charge in [0.2, 0.25) is 0 Å². The molecule has 0 aromatic heterocycles. The molecule has 0 saturated heterocycles. The van der Waals surface area contributed by atoms with Gasteiger partial charge in [0.25, 0.3) is 0 Å². The first-order valence-corrected chi connectivity index (χ1v) is 7.30. The molecular formula is C16H25NO. The Morgan fingerprint density at radius 1 is 1.28 bits per heavy atom. The van der Waals surface area contributed by atoms with Crippen molar-refractivity contribution in [2.24, 2.45) is 5.92 Å². The Balaban J connectivity index is 2.02. The lowest BCUT2D eigenvalue weighted by Gasteiger charge is -2.27. The van der Waals surface area contributed by atoms with E-state index in [2.05, 4.69) is 43.4 Å². The van der Waals surface area contributed by atoms with Gasteiger partial charge in [-0.15, -0.1) is 0 Å². The molecule has 1 saturated carbocycles. The molecular weight excluding hydrogens is 222 g/mol. The molecule has 100 valence electrons. The second kappa shape index (κ2) is 6.79. The van der Waals surface area contributed by atoms with Gasteiger partial charge in [-0.05, 0) is 37.8 Å². The Morgan fingerprint density at radius 3 is 2.67 bits per heavy atom. The number of rotatable bonds is 7. The van der Waals surface area contributed by atoms with E-state index in [0.717, 1.165) is 31.2 Å². The second-order valence-corrected chi connectivity index (χ2v) is 5.16. The standard InChI is InChI=1S/C16H25NO/c1-3-15(17-4-2)14-10-5-6-11-16(14)18-12-13-8-7-9-13/h5-6,10-11,13,15,17H,3-4,7-9,12H2,1-2H3. The van der Waals surface area contributed by atoms with Crippen molar-refractivity contribution >= 4 is 0 Å². The van der Waals surface area contributed by atoms with E-state index in [0.29, 0.717) is 6.04 Å². The van der Waals surface area contributed by atoms with Gasteiger partial charge in [0, 0.05) is 11.6 Å². The van der Waals surface area contributed by atoms with Crippen molar-refractivity contribution in [3.8, 4) is 5.75 Å². The third kappa shape index (κ3) is 3.26. The predicted octanol–water partition coefficient (Wildman–Crippen LogP) is 3.93. The Bertz CT molecular complexity index is 360. The first kappa shape index (κ1) is 13.4. The smallest absolute Gasteiger partial charge is 0.124 e. The van der Waals surface area contributed by atoms with E-state index in [4.69, 9.17) is 4.74 Å². The van der Waals surface area contributed by atoms with Crippen LogP contribution in [0, 0.1) is 5.92 Å². The Morgan fingerprint density at radius 2 is 2.06 bits per heavy atom. The fourth-order valence-electron chi connectivity index (χ4n) is 2.49. The van der Waals surface area contributed by atoms with Crippen molar-refractivity contribution in [1.82, 2.24) is 5.32 Å². The Hall–Kier alpha value is -1.02. The van der Waals surface area contributed by atoms with Crippen LogP contribution in [0.4, 0.5) is 0 Å². The highest BCUT2D eigenvalue weighted by Crippen LogP contribution is 2.30. The molecule has 0 spiro atoms. The normalized spacial score (nSPS) is 17.2. The summed E-state index contributed by atoms with van der Waals surface area (Å²) in [6.45, 7) is 6.26. The first-order valence-electron chi connectivity index (χ1n) is 7.30. The molecule has 18 heavy (non-hydrogen) atoms. The zero-order valence-electron chi connectivity index (χ0n) is 11.6. The zero-order valence-corrected chi connectivity index (χ0v) is 11.6. The number of ether oxygens (including phenoxy) is 1. The van der Waals surface area contributed by atoms with Gasteiger partial charge in [-0.2, -0.15) is 0 Å². The first-order chi connectivity index (χ1) is 8.85. The molecule has 1 N–H and O–H groups in total. The maximum absolute atomic E-state index is 6.03. The third-order valence-corrected chi connectivity index (χ3v) is 3.85. The van der Waals surface area contributed by atoms with Crippen LogP contribution in [0.5, 0.6) is 5.75 Å². The molecule has 1 aliphatic rings. The minimum absolute atomic E-state index is 0.410. The highest BCUT2D eigenvalue weighted by molar-refractivity contribution is 5.36. The van der Waals surface area contributed by atoms with Gasteiger partial charge in [0.15, 0.2) is 0 Å². The fraction of sp³-hybridized carbons (Fsp3) is 0.625. The molecule has 0 aliphatic heterocycles. The molecule has 1 unspecified atom stereocenters. The number of hydrogen-bond donors (Lipinski definition) is 1. The van der Waals surface area contributed by atoms with E-state index in [9.17, 15) is 0 Å². The van der Waals surface area contributed by atoms with Gasteiger partial charge < -0.3 is 10.1 Å². The predicted molar refractivity (Wildman–Crippen MR) is 76.0 cm³/mol. The van der Waals surface area contributed by atoms with Gasteiger partial charge in [-0.25, -0.2) is 0 Å². The lowest BCUT2D eigenvalue weighted by molar-refractivity contribution is 0.178. The molecule has 2 nitrogen and oxygen atoms in total. The fourth-order valence-corrected chi connectivity index (χ4v) is 2.49. The minimum Gasteiger partial charge on any atom is -0.493 e. The average molecular weight is 247 g/mol. The number of hydrogen-bond acceptors (Lipinski definition) is 2. The van der Waals surface area contributed by atoms with Crippen LogP contribution in [0.25, 0.3) is 0 Å². The summed E-state index contributed by atoms with van der Waals surface area (Å²) in [5, 5.41) is 3.52. The summed E-state index contributed by atoms with van der Waals surface area (Å²) in [6, 6.07) is 8.87. The van der Waals surface area contributed by atoms with Gasteiger partial charge in [-0.3, -0.25) is 0 Å². The summed E-state index contributed by atoms with van der Waals surface area (Å²) < 4.78 is 6.03. The molecule has 2 rings (SSSR count). The monoisotopic (exact) mass is 247 g/mol. The molecule has 1 aromatic rings. The van der Waals surface area contributed by atoms with Crippen LogP contribution in [-0.2, 0) is 0 Å². The lowest BCUT2D eigenvalue weighted by atomic mass is 9.86. The maximum Gasteiger partial charge on any atom is 0.124 e. The number of nitrogens with one attached hydrogen (secondary N) is 1. The molecule has 0 bridgehead atoms. The van der Waals surface area contributed by atoms with Gasteiger partial charge in [0.05, 0.1) is 6.61 Å². The van der Waals surface area contributed by atoms with Crippen LogP contribution in [0.15, 0.2) is 24.3 Å². The highest BCUT2D eigenvalue weighted by atomic mass is 16.5. The largest absolute Gasteiger partial charge is 0.493 e. The molecule has 1 fully saturated rings. The summed E-state index contributed by atoms with van der Waals surface area (Å²) in [6.07, 6.45) is 5.15. The van der Waals surface area contributed by atoms with Crippen LogP contribution in [0.3, 0.4) is 0 Å². The Labute approximate surface area is 111 Å². The molecule has 1 atom stereocenters. The summed E-state index contributed by atoms with van der Waals surface area (Å²) in [5.41, 5.74) is 1.31. The van der Waals surface area contributed by atoms with Crippen LogP contribution in [-0.4, -0.2) is 13.2 Å². The quantitative estimate of drug-likeness (QED) is 0.788. The van der Waals surface area contributed by atoms with Gasteiger partial charge in [0.1, 0.15) is 5.75 Å².